The molecule has 6 N–H and O–H groups in total. The topological polar surface area (TPSA) is 189 Å². The zero-order valence-electron chi connectivity index (χ0n) is 22.5. The zero-order chi connectivity index (χ0) is 29.0. The number of ether oxygens (including phenoxy) is 5. The molecule has 1 atom stereocenters. The minimum absolute atomic E-state index is 0.0605. The van der Waals surface area contributed by atoms with E-state index in [1.807, 2.05) is 0 Å². The van der Waals surface area contributed by atoms with E-state index in [4.69, 9.17) is 29.4 Å². The highest BCUT2D eigenvalue weighted by Gasteiger charge is 2.12. The van der Waals surface area contributed by atoms with Crippen LogP contribution in [0.4, 0.5) is 0 Å². The molecule has 0 rings (SSSR count). The summed E-state index contributed by atoms with van der Waals surface area (Å²) in [6.07, 6.45) is 2.36. The van der Waals surface area contributed by atoms with E-state index in [9.17, 15) is 19.2 Å². The van der Waals surface area contributed by atoms with Crippen LogP contribution in [0.15, 0.2) is 0 Å². The van der Waals surface area contributed by atoms with Crippen LogP contribution >= 0.6 is 25.4 Å². The van der Waals surface area contributed by atoms with Gasteiger partial charge in [-0.05, 0) is 25.0 Å². The van der Waals surface area contributed by atoms with Crippen LogP contribution in [0.1, 0.15) is 25.7 Å². The summed E-state index contributed by atoms with van der Waals surface area (Å²) < 4.78 is 29.0. The number of hydrogen-bond donors (Lipinski definition) is 7. The molecule has 0 saturated carbocycles. The Morgan fingerprint density at radius 2 is 1.10 bits per heavy atom. The minimum Gasteiger partial charge on any atom is -0.377 e. The second-order valence-electron chi connectivity index (χ2n) is 8.05. The summed E-state index contributed by atoms with van der Waals surface area (Å²) >= 11 is 7.83. The predicted molar refractivity (Wildman–Crippen MR) is 151 cm³/mol. The molecule has 16 heteroatoms. The molecule has 14 nitrogen and oxygen atoms in total. The number of carbonyl (C=O) groups excluding carboxylic acids is 4. The molecule has 0 fully saturated rings. The summed E-state index contributed by atoms with van der Waals surface area (Å²) in [4.78, 5) is 45.6. The third kappa shape index (κ3) is 26.3. The molecule has 0 heterocycles. The number of primary amides is 1. The van der Waals surface area contributed by atoms with Crippen LogP contribution in [-0.2, 0) is 42.9 Å². The first kappa shape index (κ1) is 37.3. The Bertz CT molecular complexity index is 665. The Balaban J connectivity index is 3.34. The van der Waals surface area contributed by atoms with Gasteiger partial charge in [-0.1, -0.05) is 12.8 Å². The van der Waals surface area contributed by atoms with Gasteiger partial charge in [0, 0.05) is 26.1 Å². The van der Waals surface area contributed by atoms with Gasteiger partial charge in [0.05, 0.1) is 58.9 Å². The summed E-state index contributed by atoms with van der Waals surface area (Å²) in [6, 6.07) is -0.483. The smallest absolute Gasteiger partial charge is 0.246 e. The maximum Gasteiger partial charge on any atom is 0.246 e. The third-order valence-corrected chi connectivity index (χ3v) is 5.33. The van der Waals surface area contributed by atoms with Gasteiger partial charge in [0.15, 0.2) is 0 Å². The van der Waals surface area contributed by atoms with Crippen molar-refractivity contribution in [1.29, 1.82) is 0 Å². The molecule has 0 aliphatic carbocycles. The van der Waals surface area contributed by atoms with E-state index in [2.05, 4.69) is 46.1 Å². The van der Waals surface area contributed by atoms with Crippen LogP contribution < -0.4 is 26.4 Å². The van der Waals surface area contributed by atoms with Crippen LogP contribution in [-0.4, -0.2) is 121 Å². The number of amides is 4. The lowest BCUT2D eigenvalue weighted by molar-refractivity contribution is -0.127. The number of hydrogen-bond acceptors (Lipinski definition) is 12. The van der Waals surface area contributed by atoms with Gasteiger partial charge >= 0.3 is 0 Å². The monoisotopic (exact) mass is 599 g/mol. The molecule has 0 saturated heterocycles. The molecule has 0 unspecified atom stereocenters. The van der Waals surface area contributed by atoms with E-state index in [0.29, 0.717) is 84.3 Å². The summed E-state index contributed by atoms with van der Waals surface area (Å²) in [7, 11) is 0. The molecule has 4 amide bonds. The molecule has 0 aromatic carbocycles. The normalized spacial score (nSPS) is 11.6. The van der Waals surface area contributed by atoms with Crippen molar-refractivity contribution in [1.82, 2.24) is 20.7 Å². The first-order valence-corrected chi connectivity index (χ1v) is 14.0. The molecule has 0 aliphatic rings. The van der Waals surface area contributed by atoms with Crippen molar-refractivity contribution in [2.75, 3.05) is 91.5 Å². The Labute approximate surface area is 241 Å². The Morgan fingerprint density at radius 3 is 1.59 bits per heavy atom. The maximum atomic E-state index is 11.7. The van der Waals surface area contributed by atoms with Crippen LogP contribution in [0, 0.1) is 0 Å². The second-order valence-corrected chi connectivity index (χ2v) is 8.75. The van der Waals surface area contributed by atoms with Crippen LogP contribution in [0.5, 0.6) is 0 Å². The summed E-state index contributed by atoms with van der Waals surface area (Å²) in [5, 5.41) is 8.10. The lowest BCUT2D eigenvalue weighted by Crippen LogP contribution is -2.36. The lowest BCUT2D eigenvalue weighted by atomic mass is 10.1. The minimum atomic E-state index is -0.483. The van der Waals surface area contributed by atoms with Gasteiger partial charge in [0.25, 0.3) is 0 Å². The second kappa shape index (κ2) is 27.9. The van der Waals surface area contributed by atoms with Crippen molar-refractivity contribution in [2.24, 2.45) is 5.73 Å². The Morgan fingerprint density at radius 1 is 0.641 bits per heavy atom. The maximum absolute atomic E-state index is 11.7. The fraction of sp³-hybridized carbons (Fsp3) is 0.826. The van der Waals surface area contributed by atoms with E-state index in [1.54, 1.807) is 0 Å². The van der Waals surface area contributed by atoms with Crippen molar-refractivity contribution in [3.8, 4) is 0 Å². The van der Waals surface area contributed by atoms with E-state index in [-0.39, 0.29) is 44.1 Å². The average molecular weight is 600 g/mol. The Hall–Kier alpha value is -1.66. The molecule has 39 heavy (non-hydrogen) atoms. The highest BCUT2D eigenvalue weighted by Crippen LogP contribution is 2.00. The summed E-state index contributed by atoms with van der Waals surface area (Å²) in [5.74, 6) is -0.487. The number of thiol groups is 2. The fourth-order valence-electron chi connectivity index (χ4n) is 2.78. The predicted octanol–water partition coefficient (Wildman–Crippen LogP) is -1.80. The van der Waals surface area contributed by atoms with E-state index in [1.165, 1.54) is 0 Å². The van der Waals surface area contributed by atoms with Gasteiger partial charge in [-0.3, -0.25) is 23.9 Å². The number of nitrogens with one attached hydrogen (secondary N) is 4. The van der Waals surface area contributed by atoms with Gasteiger partial charge in [0.2, 0.25) is 23.6 Å². The molecule has 0 radical (unpaired) electrons. The number of carbonyl (C=O) groups is 4. The van der Waals surface area contributed by atoms with Gasteiger partial charge in [-0.15, -0.1) is 0 Å². The standard InChI is InChI=1S/C23H45N5O9S2/c24-23(32)19(28-39)3-1-2-5-25-21(30)17-37-15-13-35-11-10-33-9-7-27-22(31)18-36-14-12-34-8-6-26-20(29)4-16-38/h19,28,38-39H,1-18H2,(H2,24,32)(H,25,30)(H,26,29)(H,27,31)/t19-/m0/s1. The van der Waals surface area contributed by atoms with Gasteiger partial charge in [0.1, 0.15) is 13.2 Å². The quantitative estimate of drug-likeness (QED) is 0.0399. The fourth-order valence-corrected chi connectivity index (χ4v) is 3.24. The van der Waals surface area contributed by atoms with Crippen molar-refractivity contribution in [2.45, 2.75) is 31.7 Å². The molecule has 0 aromatic heterocycles. The SMILES string of the molecule is NC(=O)[C@H](CCCCNC(=O)COCCOCCOCCNC(=O)COCCOCCNC(=O)CCS)NS. The largest absolute Gasteiger partial charge is 0.377 e. The van der Waals surface area contributed by atoms with Crippen molar-refractivity contribution >= 4 is 49.1 Å². The van der Waals surface area contributed by atoms with E-state index < -0.39 is 11.9 Å². The van der Waals surface area contributed by atoms with Crippen LogP contribution in [0.2, 0.25) is 0 Å². The third-order valence-electron chi connectivity index (χ3n) is 4.80. The molecular formula is C23H45N5O9S2. The summed E-state index contributed by atoms with van der Waals surface area (Å²) in [5.41, 5.74) is 5.20. The van der Waals surface area contributed by atoms with Crippen molar-refractivity contribution in [3.05, 3.63) is 0 Å². The van der Waals surface area contributed by atoms with E-state index in [0.717, 1.165) is 6.42 Å². The van der Waals surface area contributed by atoms with Gasteiger partial charge in [-0.2, -0.15) is 12.6 Å². The highest BCUT2D eigenvalue weighted by atomic mass is 32.1. The van der Waals surface area contributed by atoms with Crippen molar-refractivity contribution < 1.29 is 42.9 Å². The molecule has 0 bridgehead atoms. The first-order valence-electron chi connectivity index (χ1n) is 12.9. The average Bonchev–Trinajstić information content (AvgIpc) is 2.90. The molecular weight excluding hydrogens is 554 g/mol. The van der Waals surface area contributed by atoms with Crippen LogP contribution in [0.3, 0.4) is 0 Å². The zero-order valence-corrected chi connectivity index (χ0v) is 24.2. The van der Waals surface area contributed by atoms with Gasteiger partial charge < -0.3 is 45.4 Å². The molecule has 0 aliphatic heterocycles. The number of unbranched alkanes of at least 4 members (excludes halogenated alkanes) is 1. The summed E-state index contributed by atoms with van der Waals surface area (Å²) in [6.45, 7) is 3.74. The van der Waals surface area contributed by atoms with Crippen molar-refractivity contribution in [3.63, 3.8) is 0 Å². The highest BCUT2D eigenvalue weighted by molar-refractivity contribution is 7.80. The molecule has 0 spiro atoms. The Kier molecular flexibility index (Phi) is 26.7. The molecule has 228 valence electrons. The lowest BCUT2D eigenvalue weighted by Gasteiger charge is -2.11. The first-order chi connectivity index (χ1) is 18.9. The van der Waals surface area contributed by atoms with E-state index >= 15 is 0 Å². The van der Waals surface area contributed by atoms with Gasteiger partial charge in [-0.25, -0.2) is 0 Å². The van der Waals surface area contributed by atoms with Crippen LogP contribution in [0.25, 0.3) is 0 Å². The number of rotatable bonds is 28. The molecule has 0 aromatic rings. The number of nitrogens with two attached hydrogens (primary N) is 1.